The molecule has 0 bridgehead atoms. The highest BCUT2D eigenvalue weighted by atomic mass is 19.4. The van der Waals surface area contributed by atoms with Gasteiger partial charge in [-0.3, -0.25) is 14.7 Å². The molecule has 1 aromatic heterocycles. The van der Waals surface area contributed by atoms with E-state index in [1.807, 2.05) is 0 Å². The van der Waals surface area contributed by atoms with Crippen LogP contribution in [0.15, 0.2) is 24.3 Å². The minimum absolute atomic E-state index is 0.0125. The number of rotatable bonds is 6. The number of H-pyrrole nitrogens is 1. The summed E-state index contributed by atoms with van der Waals surface area (Å²) >= 11 is 0. The molecule has 2 amide bonds. The second kappa shape index (κ2) is 9.27. The molecule has 2 N–H and O–H groups in total. The van der Waals surface area contributed by atoms with E-state index in [9.17, 15) is 22.8 Å². The number of aromatic nitrogens is 2. The van der Waals surface area contributed by atoms with Gasteiger partial charge in [0, 0.05) is 30.8 Å². The van der Waals surface area contributed by atoms with Crippen molar-refractivity contribution in [2.75, 3.05) is 33.9 Å². The fourth-order valence-electron chi connectivity index (χ4n) is 3.47. The summed E-state index contributed by atoms with van der Waals surface area (Å²) in [6.07, 6.45) is -3.24. The molecule has 0 spiro atoms. The summed E-state index contributed by atoms with van der Waals surface area (Å²) in [7, 11) is 3.01. The Balaban J connectivity index is 1.59. The minimum Gasteiger partial charge on any atom is -0.497 e. The predicted octanol–water partition coefficient (Wildman–Crippen LogP) is 2.74. The number of halogens is 3. The molecule has 1 aliphatic heterocycles. The SMILES string of the molecule is COc1ccc(C(=O)N2CCC(c3cc(C(=O)NCC(F)(F)F)n[nH]3)CC2)c(OC)c1. The molecule has 0 atom stereocenters. The van der Waals surface area contributed by atoms with E-state index in [0.29, 0.717) is 48.7 Å². The van der Waals surface area contributed by atoms with Crippen molar-refractivity contribution >= 4 is 11.8 Å². The van der Waals surface area contributed by atoms with Gasteiger partial charge in [-0.2, -0.15) is 18.3 Å². The Kier molecular flexibility index (Phi) is 6.71. The highest BCUT2D eigenvalue weighted by molar-refractivity contribution is 5.97. The van der Waals surface area contributed by atoms with Crippen LogP contribution in [0.2, 0.25) is 0 Å². The van der Waals surface area contributed by atoms with Crippen LogP contribution >= 0.6 is 0 Å². The standard InChI is InChI=1S/C20H23F3N4O4/c1-30-13-3-4-14(17(9-13)31-2)19(29)27-7-5-12(6-8-27)15-10-16(26-25-15)18(28)24-11-20(21,22)23/h3-4,9-10,12H,5-8,11H2,1-2H3,(H,24,28)(H,25,26). The Morgan fingerprint density at radius 3 is 2.52 bits per heavy atom. The smallest absolute Gasteiger partial charge is 0.405 e. The summed E-state index contributed by atoms with van der Waals surface area (Å²) in [4.78, 5) is 26.4. The Hall–Kier alpha value is -3.24. The summed E-state index contributed by atoms with van der Waals surface area (Å²) < 4.78 is 47.2. The van der Waals surface area contributed by atoms with Crippen LogP contribution in [0.4, 0.5) is 13.2 Å². The fourth-order valence-corrected chi connectivity index (χ4v) is 3.47. The number of carbonyl (C=O) groups excluding carboxylic acids is 2. The van der Waals surface area contributed by atoms with E-state index < -0.39 is 18.6 Å². The van der Waals surface area contributed by atoms with Gasteiger partial charge >= 0.3 is 6.18 Å². The minimum atomic E-state index is -4.49. The fraction of sp³-hybridized carbons (Fsp3) is 0.450. The molecule has 1 saturated heterocycles. The zero-order valence-corrected chi connectivity index (χ0v) is 17.1. The third kappa shape index (κ3) is 5.47. The van der Waals surface area contributed by atoms with Crippen molar-refractivity contribution in [1.29, 1.82) is 0 Å². The third-order valence-electron chi connectivity index (χ3n) is 5.14. The molecule has 8 nitrogen and oxygen atoms in total. The summed E-state index contributed by atoms with van der Waals surface area (Å²) in [5.41, 5.74) is 0.999. The number of alkyl halides is 3. The van der Waals surface area contributed by atoms with Gasteiger partial charge in [0.15, 0.2) is 0 Å². The average molecular weight is 440 g/mol. The number of carbonyl (C=O) groups is 2. The Bertz CT molecular complexity index is 937. The van der Waals surface area contributed by atoms with Gasteiger partial charge < -0.3 is 19.7 Å². The first kappa shape index (κ1) is 22.4. The zero-order valence-electron chi connectivity index (χ0n) is 17.1. The molecular weight excluding hydrogens is 417 g/mol. The molecule has 0 saturated carbocycles. The van der Waals surface area contributed by atoms with Crippen LogP contribution < -0.4 is 14.8 Å². The van der Waals surface area contributed by atoms with Gasteiger partial charge in [0.1, 0.15) is 23.7 Å². The maximum absolute atomic E-state index is 12.9. The van der Waals surface area contributed by atoms with Crippen LogP contribution in [-0.4, -0.2) is 66.9 Å². The normalized spacial score (nSPS) is 14.9. The van der Waals surface area contributed by atoms with E-state index in [2.05, 4.69) is 10.2 Å². The Morgan fingerprint density at radius 2 is 1.90 bits per heavy atom. The Morgan fingerprint density at radius 1 is 1.19 bits per heavy atom. The van der Waals surface area contributed by atoms with E-state index in [-0.39, 0.29) is 17.5 Å². The monoisotopic (exact) mass is 440 g/mol. The number of benzene rings is 1. The van der Waals surface area contributed by atoms with Crippen molar-refractivity contribution in [2.24, 2.45) is 0 Å². The highest BCUT2D eigenvalue weighted by Crippen LogP contribution is 2.30. The van der Waals surface area contributed by atoms with Crippen molar-refractivity contribution in [2.45, 2.75) is 24.9 Å². The van der Waals surface area contributed by atoms with E-state index in [1.165, 1.54) is 20.3 Å². The first-order valence-electron chi connectivity index (χ1n) is 9.63. The van der Waals surface area contributed by atoms with Gasteiger partial charge in [0.25, 0.3) is 11.8 Å². The molecular formula is C20H23F3N4O4. The molecule has 1 fully saturated rings. The lowest BCUT2D eigenvalue weighted by molar-refractivity contribution is -0.123. The number of nitrogens with one attached hydrogen (secondary N) is 2. The molecule has 3 rings (SSSR count). The van der Waals surface area contributed by atoms with Crippen LogP contribution in [0.5, 0.6) is 11.5 Å². The topological polar surface area (TPSA) is 96.5 Å². The van der Waals surface area contributed by atoms with Crippen LogP contribution in [0.25, 0.3) is 0 Å². The lowest BCUT2D eigenvalue weighted by atomic mass is 9.93. The van der Waals surface area contributed by atoms with Gasteiger partial charge in [0.05, 0.1) is 19.8 Å². The second-order valence-electron chi connectivity index (χ2n) is 7.14. The van der Waals surface area contributed by atoms with Crippen molar-refractivity contribution in [3.05, 3.63) is 41.2 Å². The number of hydrogen-bond acceptors (Lipinski definition) is 5. The van der Waals surface area contributed by atoms with Crippen LogP contribution in [-0.2, 0) is 0 Å². The summed E-state index contributed by atoms with van der Waals surface area (Å²) in [5.74, 6) is -0.0247. The van der Waals surface area contributed by atoms with Crippen molar-refractivity contribution < 1.29 is 32.2 Å². The van der Waals surface area contributed by atoms with Crippen LogP contribution in [0.3, 0.4) is 0 Å². The molecule has 31 heavy (non-hydrogen) atoms. The predicted molar refractivity (Wildman–Crippen MR) is 104 cm³/mol. The first-order valence-corrected chi connectivity index (χ1v) is 9.63. The summed E-state index contributed by atoms with van der Waals surface area (Å²) in [6, 6.07) is 6.46. The number of nitrogens with zero attached hydrogens (tertiary/aromatic N) is 2. The van der Waals surface area contributed by atoms with Gasteiger partial charge in [-0.05, 0) is 31.0 Å². The van der Waals surface area contributed by atoms with E-state index in [1.54, 1.807) is 28.4 Å². The van der Waals surface area contributed by atoms with Crippen LogP contribution in [0.1, 0.15) is 45.3 Å². The number of methoxy groups -OCH3 is 2. The third-order valence-corrected chi connectivity index (χ3v) is 5.14. The molecule has 2 heterocycles. The molecule has 0 radical (unpaired) electrons. The van der Waals surface area contributed by atoms with Crippen LogP contribution in [0, 0.1) is 0 Å². The van der Waals surface area contributed by atoms with Gasteiger partial charge in [0.2, 0.25) is 0 Å². The average Bonchev–Trinajstić information content (AvgIpc) is 3.26. The number of likely N-dealkylation sites (tertiary alicyclic amines) is 1. The quantitative estimate of drug-likeness (QED) is 0.720. The molecule has 1 aromatic carbocycles. The molecule has 0 unspecified atom stereocenters. The van der Waals surface area contributed by atoms with Gasteiger partial charge in [-0.25, -0.2) is 0 Å². The van der Waals surface area contributed by atoms with Gasteiger partial charge in [-0.15, -0.1) is 0 Å². The van der Waals surface area contributed by atoms with Crippen molar-refractivity contribution in [3.63, 3.8) is 0 Å². The maximum Gasteiger partial charge on any atom is 0.405 e. The molecule has 1 aliphatic rings. The number of hydrogen-bond donors (Lipinski definition) is 2. The maximum atomic E-state index is 12.9. The van der Waals surface area contributed by atoms with Crippen molar-refractivity contribution in [1.82, 2.24) is 20.4 Å². The lowest BCUT2D eigenvalue weighted by Crippen LogP contribution is -2.38. The number of ether oxygens (including phenoxy) is 2. The zero-order chi connectivity index (χ0) is 22.6. The first-order chi connectivity index (χ1) is 14.7. The summed E-state index contributed by atoms with van der Waals surface area (Å²) in [6.45, 7) is -0.454. The van der Waals surface area contributed by atoms with Gasteiger partial charge in [-0.1, -0.05) is 0 Å². The Labute approximate surface area is 176 Å². The molecule has 2 aromatic rings. The second-order valence-corrected chi connectivity index (χ2v) is 7.14. The number of aromatic amines is 1. The number of amides is 2. The number of piperidine rings is 1. The van der Waals surface area contributed by atoms with Crippen molar-refractivity contribution in [3.8, 4) is 11.5 Å². The van der Waals surface area contributed by atoms with E-state index in [4.69, 9.17) is 9.47 Å². The van der Waals surface area contributed by atoms with E-state index >= 15 is 0 Å². The molecule has 0 aliphatic carbocycles. The molecule has 11 heteroatoms. The largest absolute Gasteiger partial charge is 0.497 e. The summed E-state index contributed by atoms with van der Waals surface area (Å²) in [5, 5.41) is 8.34. The van der Waals surface area contributed by atoms with E-state index in [0.717, 1.165) is 0 Å². The highest BCUT2D eigenvalue weighted by Gasteiger charge is 2.30. The molecule has 168 valence electrons. The lowest BCUT2D eigenvalue weighted by Gasteiger charge is -2.31.